The molecule has 0 atom stereocenters. The molecule has 0 amide bonds. The van der Waals surface area contributed by atoms with Crippen LogP contribution in [0, 0.1) is 6.92 Å². The lowest BCUT2D eigenvalue weighted by atomic mass is 10.0. The third-order valence-corrected chi connectivity index (χ3v) is 7.02. The SMILES string of the molecule is Cc1nnc2c3ncccc3c(-c3ccc(OC4CCN(C5CCCC5)CC4)cc3)nn12. The zero-order valence-electron chi connectivity index (χ0n) is 18.4. The standard InChI is InChI=1S/C25H28N6O/c1-17-27-28-25-24-22(7-4-14-26-24)23(29-31(17)25)18-8-10-20(11-9-18)32-21-12-15-30(16-13-21)19-5-2-3-6-19/h4,7-11,14,19,21H,2-3,5-6,12-13,15-16H2,1H3. The van der Waals surface area contributed by atoms with Gasteiger partial charge in [-0.25, -0.2) is 0 Å². The average molecular weight is 429 g/mol. The molecule has 1 aromatic carbocycles. The van der Waals surface area contributed by atoms with Gasteiger partial charge in [0.05, 0.1) is 0 Å². The molecule has 1 aliphatic heterocycles. The van der Waals surface area contributed by atoms with Gasteiger partial charge in [-0.3, -0.25) is 4.98 Å². The Morgan fingerprint density at radius 1 is 0.938 bits per heavy atom. The lowest BCUT2D eigenvalue weighted by Gasteiger charge is -2.36. The quantitative estimate of drug-likeness (QED) is 0.479. The summed E-state index contributed by atoms with van der Waals surface area (Å²) in [6.45, 7) is 4.23. The third kappa shape index (κ3) is 3.50. The summed E-state index contributed by atoms with van der Waals surface area (Å²) in [6, 6.07) is 13.1. The lowest BCUT2D eigenvalue weighted by molar-refractivity contribution is 0.0768. The Balaban J connectivity index is 1.21. The van der Waals surface area contributed by atoms with Crippen molar-refractivity contribution in [3.05, 3.63) is 48.4 Å². The van der Waals surface area contributed by atoms with Crippen molar-refractivity contribution < 1.29 is 4.74 Å². The molecular formula is C25H28N6O. The predicted octanol–water partition coefficient (Wildman–Crippen LogP) is 4.43. The number of aromatic nitrogens is 5. The molecule has 4 heterocycles. The Morgan fingerprint density at radius 3 is 2.50 bits per heavy atom. The number of rotatable bonds is 4. The summed E-state index contributed by atoms with van der Waals surface area (Å²) in [6.07, 6.45) is 9.87. The first-order chi connectivity index (χ1) is 15.8. The van der Waals surface area contributed by atoms with Gasteiger partial charge >= 0.3 is 0 Å². The maximum Gasteiger partial charge on any atom is 0.204 e. The normalized spacial score (nSPS) is 18.7. The number of ether oxygens (including phenoxy) is 1. The number of likely N-dealkylation sites (tertiary alicyclic amines) is 1. The molecule has 7 nitrogen and oxygen atoms in total. The van der Waals surface area contributed by atoms with Crippen molar-refractivity contribution in [2.75, 3.05) is 13.1 Å². The zero-order chi connectivity index (χ0) is 21.5. The van der Waals surface area contributed by atoms with Crippen LogP contribution in [0.25, 0.3) is 27.8 Å². The van der Waals surface area contributed by atoms with E-state index in [1.165, 1.54) is 25.7 Å². The van der Waals surface area contributed by atoms with Crippen molar-refractivity contribution in [1.82, 2.24) is 29.7 Å². The topological polar surface area (TPSA) is 68.4 Å². The smallest absolute Gasteiger partial charge is 0.204 e. The van der Waals surface area contributed by atoms with Gasteiger partial charge in [0.25, 0.3) is 0 Å². The molecule has 0 bridgehead atoms. The fraction of sp³-hybridized carbons (Fsp3) is 0.440. The van der Waals surface area contributed by atoms with Crippen molar-refractivity contribution >= 4 is 16.6 Å². The second-order valence-corrected chi connectivity index (χ2v) is 9.05. The van der Waals surface area contributed by atoms with E-state index < -0.39 is 0 Å². The second-order valence-electron chi connectivity index (χ2n) is 9.05. The molecule has 0 unspecified atom stereocenters. The van der Waals surface area contributed by atoms with E-state index in [1.54, 1.807) is 10.7 Å². The molecule has 1 saturated carbocycles. The van der Waals surface area contributed by atoms with Gasteiger partial charge in [-0.05, 0) is 69.0 Å². The molecule has 32 heavy (non-hydrogen) atoms. The van der Waals surface area contributed by atoms with E-state index in [9.17, 15) is 0 Å². The van der Waals surface area contributed by atoms with Crippen LogP contribution in [0.3, 0.4) is 0 Å². The van der Waals surface area contributed by atoms with Crippen LogP contribution >= 0.6 is 0 Å². The summed E-state index contributed by atoms with van der Waals surface area (Å²) >= 11 is 0. The fourth-order valence-electron chi connectivity index (χ4n) is 5.28. The van der Waals surface area contributed by atoms with Gasteiger partial charge in [-0.15, -0.1) is 10.2 Å². The summed E-state index contributed by atoms with van der Waals surface area (Å²) in [4.78, 5) is 7.23. The number of nitrogens with zero attached hydrogens (tertiary/aromatic N) is 6. The molecule has 1 saturated heterocycles. The minimum Gasteiger partial charge on any atom is -0.490 e. The van der Waals surface area contributed by atoms with Crippen LogP contribution in [0.15, 0.2) is 42.6 Å². The van der Waals surface area contributed by atoms with Crippen LogP contribution in [-0.2, 0) is 0 Å². The number of hydrogen-bond donors (Lipinski definition) is 0. The second kappa shape index (κ2) is 8.13. The number of fused-ring (bicyclic) bond motifs is 3. The van der Waals surface area contributed by atoms with Gasteiger partial charge < -0.3 is 9.64 Å². The first kappa shape index (κ1) is 19.6. The van der Waals surface area contributed by atoms with Crippen LogP contribution in [0.2, 0.25) is 0 Å². The molecule has 4 aromatic rings. The van der Waals surface area contributed by atoms with Crippen molar-refractivity contribution in [2.45, 2.75) is 57.6 Å². The number of hydrogen-bond acceptors (Lipinski definition) is 6. The first-order valence-electron chi connectivity index (χ1n) is 11.7. The van der Waals surface area contributed by atoms with Gasteiger partial charge in [0, 0.05) is 36.3 Å². The molecule has 0 radical (unpaired) electrons. The minimum absolute atomic E-state index is 0.303. The van der Waals surface area contributed by atoms with E-state index in [-0.39, 0.29) is 0 Å². The van der Waals surface area contributed by atoms with Crippen molar-refractivity contribution in [2.24, 2.45) is 0 Å². The third-order valence-electron chi connectivity index (χ3n) is 7.02. The van der Waals surface area contributed by atoms with Crippen LogP contribution in [0.1, 0.15) is 44.3 Å². The molecular weight excluding hydrogens is 400 g/mol. The highest BCUT2D eigenvalue weighted by molar-refractivity contribution is 5.98. The van der Waals surface area contributed by atoms with Crippen molar-refractivity contribution in [3.63, 3.8) is 0 Å². The van der Waals surface area contributed by atoms with Gasteiger partial charge in [-0.2, -0.15) is 9.61 Å². The van der Waals surface area contributed by atoms with E-state index in [2.05, 4.69) is 44.3 Å². The molecule has 164 valence electrons. The average Bonchev–Trinajstić information content (AvgIpc) is 3.50. The Bertz CT molecular complexity index is 1240. The molecule has 7 heteroatoms. The lowest BCUT2D eigenvalue weighted by Crippen LogP contribution is -2.43. The highest BCUT2D eigenvalue weighted by atomic mass is 16.5. The van der Waals surface area contributed by atoms with E-state index in [4.69, 9.17) is 9.84 Å². The van der Waals surface area contributed by atoms with Crippen LogP contribution in [0.5, 0.6) is 5.75 Å². The summed E-state index contributed by atoms with van der Waals surface area (Å²) in [5.74, 6) is 1.68. The Hall–Kier alpha value is -3.06. The predicted molar refractivity (Wildman–Crippen MR) is 124 cm³/mol. The molecule has 0 N–H and O–H groups in total. The summed E-state index contributed by atoms with van der Waals surface area (Å²) in [5, 5.41) is 14.2. The molecule has 6 rings (SSSR count). The Morgan fingerprint density at radius 2 is 1.72 bits per heavy atom. The maximum absolute atomic E-state index is 6.34. The highest BCUT2D eigenvalue weighted by Crippen LogP contribution is 2.30. The maximum atomic E-state index is 6.34. The molecule has 2 fully saturated rings. The van der Waals surface area contributed by atoms with E-state index in [0.29, 0.717) is 11.8 Å². The van der Waals surface area contributed by atoms with Gasteiger partial charge in [-0.1, -0.05) is 12.8 Å². The van der Waals surface area contributed by atoms with E-state index in [0.717, 1.165) is 65.7 Å². The van der Waals surface area contributed by atoms with E-state index >= 15 is 0 Å². The number of pyridine rings is 1. The Labute approximate surface area is 187 Å². The molecule has 1 aliphatic carbocycles. The van der Waals surface area contributed by atoms with Gasteiger partial charge in [0.15, 0.2) is 5.82 Å². The number of piperidine rings is 1. The monoisotopic (exact) mass is 428 g/mol. The molecule has 3 aromatic heterocycles. The minimum atomic E-state index is 0.303. The molecule has 0 spiro atoms. The summed E-state index contributed by atoms with van der Waals surface area (Å²) in [7, 11) is 0. The molecule has 2 aliphatic rings. The Kier molecular flexibility index (Phi) is 4.98. The number of aryl methyl sites for hydroxylation is 1. The van der Waals surface area contributed by atoms with Crippen molar-refractivity contribution in [3.8, 4) is 17.0 Å². The largest absolute Gasteiger partial charge is 0.490 e. The highest BCUT2D eigenvalue weighted by Gasteiger charge is 2.27. The fourth-order valence-corrected chi connectivity index (χ4v) is 5.28. The van der Waals surface area contributed by atoms with Crippen molar-refractivity contribution in [1.29, 1.82) is 0 Å². The summed E-state index contributed by atoms with van der Waals surface area (Å²) in [5.41, 5.74) is 3.40. The summed E-state index contributed by atoms with van der Waals surface area (Å²) < 4.78 is 8.11. The number of benzene rings is 1. The van der Waals surface area contributed by atoms with E-state index in [1.807, 2.05) is 19.1 Å². The van der Waals surface area contributed by atoms with Gasteiger partial charge in [0.2, 0.25) is 5.65 Å². The van der Waals surface area contributed by atoms with Crippen LogP contribution < -0.4 is 4.74 Å². The van der Waals surface area contributed by atoms with Gasteiger partial charge in [0.1, 0.15) is 23.1 Å². The zero-order valence-corrected chi connectivity index (χ0v) is 18.4. The van der Waals surface area contributed by atoms with Crippen LogP contribution in [-0.4, -0.2) is 54.9 Å². The first-order valence-corrected chi connectivity index (χ1v) is 11.7. The van der Waals surface area contributed by atoms with Crippen LogP contribution in [0.4, 0.5) is 0 Å².